The van der Waals surface area contributed by atoms with Crippen LogP contribution in [-0.2, 0) is 4.74 Å². The summed E-state index contributed by atoms with van der Waals surface area (Å²) in [5.41, 5.74) is 0.360. The van der Waals surface area contributed by atoms with Crippen LogP contribution in [0, 0.1) is 0 Å². The number of aromatic hydroxyl groups is 1. The summed E-state index contributed by atoms with van der Waals surface area (Å²) in [4.78, 5) is 18.0. The highest BCUT2D eigenvalue weighted by atomic mass is 16.5. The second-order valence-corrected chi connectivity index (χ2v) is 4.67. The Morgan fingerprint density at radius 3 is 3.00 bits per heavy atom. The highest BCUT2D eigenvalue weighted by Crippen LogP contribution is 2.44. The number of morpholine rings is 1. The summed E-state index contributed by atoms with van der Waals surface area (Å²) in [7, 11) is 0. The second-order valence-electron chi connectivity index (χ2n) is 4.67. The van der Waals surface area contributed by atoms with Gasteiger partial charge in [0.2, 0.25) is 0 Å². The monoisotopic (exact) mass is 234 g/mol. The lowest BCUT2D eigenvalue weighted by Gasteiger charge is -2.36. The fourth-order valence-electron chi connectivity index (χ4n) is 2.31. The molecule has 0 atom stereocenters. The fourth-order valence-corrected chi connectivity index (χ4v) is 2.31. The van der Waals surface area contributed by atoms with Gasteiger partial charge in [0.1, 0.15) is 5.75 Å². The van der Waals surface area contributed by atoms with Crippen LogP contribution >= 0.6 is 0 Å². The molecule has 1 N–H and O–H groups in total. The number of pyridine rings is 1. The standard InChI is InChI=1S/C12H14N2O3/c15-10-5-9(6-13-7-10)11(16)14-3-4-17-8-12(14)1-2-12/h5-7,15H,1-4,8H2. The van der Waals surface area contributed by atoms with Crippen LogP contribution in [0.2, 0.25) is 0 Å². The zero-order chi connectivity index (χ0) is 11.9. The first-order valence-electron chi connectivity index (χ1n) is 5.75. The van der Waals surface area contributed by atoms with Crippen LogP contribution in [0.5, 0.6) is 5.75 Å². The first-order valence-corrected chi connectivity index (χ1v) is 5.75. The normalized spacial score (nSPS) is 21.5. The quantitative estimate of drug-likeness (QED) is 0.780. The summed E-state index contributed by atoms with van der Waals surface area (Å²) in [5, 5.41) is 9.35. The molecule has 0 bridgehead atoms. The van der Waals surface area contributed by atoms with E-state index in [1.165, 1.54) is 18.5 Å². The van der Waals surface area contributed by atoms with Crippen molar-refractivity contribution < 1.29 is 14.6 Å². The smallest absolute Gasteiger partial charge is 0.256 e. The minimum Gasteiger partial charge on any atom is -0.506 e. The van der Waals surface area contributed by atoms with Gasteiger partial charge in [0.15, 0.2) is 0 Å². The summed E-state index contributed by atoms with van der Waals surface area (Å²) in [6, 6.07) is 1.46. The molecule has 1 saturated carbocycles. The van der Waals surface area contributed by atoms with E-state index in [-0.39, 0.29) is 17.2 Å². The number of hydrogen-bond acceptors (Lipinski definition) is 4. The SMILES string of the molecule is O=C(c1cncc(O)c1)N1CCOCC12CC2. The third kappa shape index (κ3) is 1.76. The lowest BCUT2D eigenvalue weighted by molar-refractivity contribution is -0.0118. The Kier molecular flexibility index (Phi) is 2.29. The van der Waals surface area contributed by atoms with Gasteiger partial charge in [-0.1, -0.05) is 0 Å². The van der Waals surface area contributed by atoms with Crippen molar-refractivity contribution in [1.82, 2.24) is 9.88 Å². The molecule has 0 unspecified atom stereocenters. The third-order valence-corrected chi connectivity index (χ3v) is 3.45. The van der Waals surface area contributed by atoms with E-state index < -0.39 is 0 Å². The minimum absolute atomic E-state index is 0.0222. The van der Waals surface area contributed by atoms with Gasteiger partial charge in [-0.3, -0.25) is 9.78 Å². The molecule has 0 radical (unpaired) electrons. The molecule has 0 aromatic carbocycles. The predicted molar refractivity (Wildman–Crippen MR) is 59.7 cm³/mol. The van der Waals surface area contributed by atoms with Crippen LogP contribution in [0.3, 0.4) is 0 Å². The van der Waals surface area contributed by atoms with Crippen LogP contribution in [0.25, 0.3) is 0 Å². The van der Waals surface area contributed by atoms with Crippen LogP contribution in [-0.4, -0.2) is 46.2 Å². The molecule has 2 heterocycles. The van der Waals surface area contributed by atoms with E-state index in [9.17, 15) is 9.90 Å². The molecule has 2 fully saturated rings. The molecule has 90 valence electrons. The van der Waals surface area contributed by atoms with E-state index in [1.54, 1.807) is 0 Å². The third-order valence-electron chi connectivity index (χ3n) is 3.45. The molecule has 1 spiro atoms. The summed E-state index contributed by atoms with van der Waals surface area (Å²) in [5.74, 6) is -0.0387. The van der Waals surface area contributed by atoms with E-state index in [0.717, 1.165) is 12.8 Å². The topological polar surface area (TPSA) is 62.7 Å². The Morgan fingerprint density at radius 1 is 1.47 bits per heavy atom. The summed E-state index contributed by atoms with van der Waals surface area (Å²) in [6.07, 6.45) is 4.83. The maximum Gasteiger partial charge on any atom is 0.256 e. The first kappa shape index (κ1) is 10.5. The van der Waals surface area contributed by atoms with Crippen LogP contribution in [0.15, 0.2) is 18.5 Å². The highest BCUT2D eigenvalue weighted by molar-refractivity contribution is 5.95. The number of carbonyl (C=O) groups is 1. The number of rotatable bonds is 1. The summed E-state index contributed by atoms with van der Waals surface area (Å²) >= 11 is 0. The van der Waals surface area contributed by atoms with E-state index in [1.807, 2.05) is 4.90 Å². The van der Waals surface area contributed by atoms with Gasteiger partial charge in [0.05, 0.1) is 30.5 Å². The van der Waals surface area contributed by atoms with Crippen LogP contribution in [0.4, 0.5) is 0 Å². The van der Waals surface area contributed by atoms with Gasteiger partial charge in [0, 0.05) is 12.7 Å². The van der Waals surface area contributed by atoms with Gasteiger partial charge >= 0.3 is 0 Å². The van der Waals surface area contributed by atoms with Gasteiger partial charge < -0.3 is 14.7 Å². The van der Waals surface area contributed by atoms with Gasteiger partial charge in [-0.15, -0.1) is 0 Å². The van der Waals surface area contributed by atoms with Crippen LogP contribution < -0.4 is 0 Å². The Balaban J connectivity index is 1.86. The van der Waals surface area contributed by atoms with Crippen molar-refractivity contribution in [1.29, 1.82) is 0 Å². The van der Waals surface area contributed by atoms with Gasteiger partial charge in [-0.2, -0.15) is 0 Å². The van der Waals surface area contributed by atoms with Crippen molar-refractivity contribution in [2.45, 2.75) is 18.4 Å². The van der Waals surface area contributed by atoms with Gasteiger partial charge in [-0.05, 0) is 18.9 Å². The Labute approximate surface area is 99.0 Å². The van der Waals surface area contributed by atoms with Crippen molar-refractivity contribution in [3.05, 3.63) is 24.0 Å². The number of ether oxygens (including phenoxy) is 1. The summed E-state index contributed by atoms with van der Waals surface area (Å²) < 4.78 is 5.43. The minimum atomic E-state index is -0.0825. The first-order chi connectivity index (χ1) is 8.21. The molecular formula is C12H14N2O3. The molecule has 5 nitrogen and oxygen atoms in total. The van der Waals surface area contributed by atoms with Gasteiger partial charge in [0.25, 0.3) is 5.91 Å². The molecule has 1 saturated heterocycles. The Bertz CT molecular complexity index is 457. The average molecular weight is 234 g/mol. The van der Waals surface area contributed by atoms with Crippen molar-refractivity contribution in [3.63, 3.8) is 0 Å². The van der Waals surface area contributed by atoms with Crippen molar-refractivity contribution in [2.24, 2.45) is 0 Å². The molecule has 3 rings (SSSR count). The fraction of sp³-hybridized carbons (Fsp3) is 0.500. The molecule has 2 aliphatic rings. The predicted octanol–water partition coefficient (Wildman–Crippen LogP) is 0.792. The van der Waals surface area contributed by atoms with Gasteiger partial charge in [-0.25, -0.2) is 0 Å². The molecular weight excluding hydrogens is 220 g/mol. The summed E-state index contributed by atoms with van der Waals surface area (Å²) in [6.45, 7) is 1.83. The second kappa shape index (κ2) is 3.70. The number of amides is 1. The zero-order valence-electron chi connectivity index (χ0n) is 9.43. The number of nitrogens with zero attached hydrogens (tertiary/aromatic N) is 2. The zero-order valence-corrected chi connectivity index (χ0v) is 9.43. The van der Waals surface area contributed by atoms with Crippen molar-refractivity contribution >= 4 is 5.91 Å². The van der Waals surface area contributed by atoms with E-state index in [4.69, 9.17) is 4.74 Å². The maximum absolute atomic E-state index is 12.3. The van der Waals surface area contributed by atoms with Crippen LogP contribution in [0.1, 0.15) is 23.2 Å². The van der Waals surface area contributed by atoms with E-state index in [2.05, 4.69) is 4.98 Å². The highest BCUT2D eigenvalue weighted by Gasteiger charge is 2.52. The maximum atomic E-state index is 12.3. The molecule has 5 heteroatoms. The number of hydrogen-bond donors (Lipinski definition) is 1. The van der Waals surface area contributed by atoms with E-state index in [0.29, 0.717) is 25.3 Å². The lowest BCUT2D eigenvalue weighted by atomic mass is 10.1. The number of aromatic nitrogens is 1. The van der Waals surface area contributed by atoms with Crippen molar-refractivity contribution in [2.75, 3.05) is 19.8 Å². The lowest BCUT2D eigenvalue weighted by Crippen LogP contribution is -2.50. The Morgan fingerprint density at radius 2 is 2.29 bits per heavy atom. The molecule has 1 aliphatic carbocycles. The molecule has 1 amide bonds. The average Bonchev–Trinajstić information content (AvgIpc) is 3.09. The molecule has 1 aromatic rings. The number of carbonyl (C=O) groups excluding carboxylic acids is 1. The largest absolute Gasteiger partial charge is 0.506 e. The molecule has 17 heavy (non-hydrogen) atoms. The molecule has 1 aromatic heterocycles. The van der Waals surface area contributed by atoms with E-state index >= 15 is 0 Å². The Hall–Kier alpha value is -1.62. The molecule has 1 aliphatic heterocycles. The van der Waals surface area contributed by atoms with Crippen molar-refractivity contribution in [3.8, 4) is 5.75 Å².